The van der Waals surface area contributed by atoms with E-state index in [0.717, 1.165) is 61.9 Å². The average Bonchev–Trinajstić information content (AvgIpc) is 2.81. The van der Waals surface area contributed by atoms with Crippen LogP contribution in [0.3, 0.4) is 0 Å². The Morgan fingerprint density at radius 1 is 1.22 bits per heavy atom. The molecule has 0 bridgehead atoms. The van der Waals surface area contributed by atoms with E-state index in [9.17, 15) is 19.2 Å². The van der Waals surface area contributed by atoms with Crippen LogP contribution in [-0.4, -0.2) is 93.8 Å². The number of amides is 3. The Balaban J connectivity index is 2.09. The second-order valence-electron chi connectivity index (χ2n) is 7.87. The molecule has 1 unspecified atom stereocenters. The highest BCUT2D eigenvalue weighted by molar-refractivity contribution is 6.04. The molecule has 0 spiro atoms. The number of piperazine rings is 1. The van der Waals surface area contributed by atoms with Crippen molar-refractivity contribution in [3.05, 3.63) is 29.3 Å². The fraction of sp³-hybridized carbons (Fsp3) is 0.565. The van der Waals surface area contributed by atoms with Crippen LogP contribution >= 0.6 is 0 Å². The van der Waals surface area contributed by atoms with Crippen LogP contribution in [0, 0.1) is 6.92 Å². The van der Waals surface area contributed by atoms with Crippen molar-refractivity contribution < 1.29 is 23.9 Å². The summed E-state index contributed by atoms with van der Waals surface area (Å²) in [6, 6.07) is 4.50. The van der Waals surface area contributed by atoms with Crippen molar-refractivity contribution in [2.75, 3.05) is 58.4 Å². The van der Waals surface area contributed by atoms with Gasteiger partial charge in [0.05, 0.1) is 0 Å². The van der Waals surface area contributed by atoms with Crippen molar-refractivity contribution in [1.29, 1.82) is 0 Å². The summed E-state index contributed by atoms with van der Waals surface area (Å²) in [6.45, 7) is 7.32. The molecule has 1 heterocycles. The molecule has 1 aromatic carbocycles. The molecule has 1 N–H and O–H groups in total. The van der Waals surface area contributed by atoms with E-state index in [4.69, 9.17) is 4.74 Å². The van der Waals surface area contributed by atoms with E-state index in [1.165, 1.54) is 7.05 Å². The highest BCUT2D eigenvalue weighted by Gasteiger charge is 2.30. The van der Waals surface area contributed by atoms with Gasteiger partial charge in [0.1, 0.15) is 12.3 Å². The highest BCUT2D eigenvalue weighted by Crippen LogP contribution is 2.23. The van der Waals surface area contributed by atoms with Gasteiger partial charge in [-0.25, -0.2) is 0 Å². The van der Waals surface area contributed by atoms with Crippen molar-refractivity contribution in [1.82, 2.24) is 15.1 Å². The van der Waals surface area contributed by atoms with Crippen LogP contribution < -0.4 is 10.2 Å². The number of rotatable bonds is 12. The second kappa shape index (κ2) is 12.9. The molecule has 9 heteroatoms. The number of nitrogens with zero attached hydrogens (tertiary/aromatic N) is 3. The van der Waals surface area contributed by atoms with Gasteiger partial charge in [0, 0.05) is 71.2 Å². The summed E-state index contributed by atoms with van der Waals surface area (Å²) >= 11 is 0. The average molecular weight is 447 g/mol. The first-order valence-corrected chi connectivity index (χ1v) is 11.0. The monoisotopic (exact) mass is 446 g/mol. The molecule has 1 fully saturated rings. The van der Waals surface area contributed by atoms with Gasteiger partial charge in [0.15, 0.2) is 0 Å². The molecule has 1 aromatic rings. The Hall–Kier alpha value is -2.78. The van der Waals surface area contributed by atoms with Crippen molar-refractivity contribution in [2.45, 2.75) is 32.2 Å². The molecule has 3 amide bonds. The number of anilines is 1. The Labute approximate surface area is 189 Å². The third-order valence-corrected chi connectivity index (χ3v) is 5.79. The minimum Gasteiger partial charge on any atom is -0.385 e. The summed E-state index contributed by atoms with van der Waals surface area (Å²) in [6.07, 6.45) is 2.21. The number of imide groups is 1. The van der Waals surface area contributed by atoms with Gasteiger partial charge in [-0.2, -0.15) is 0 Å². The summed E-state index contributed by atoms with van der Waals surface area (Å²) in [4.78, 5) is 53.3. The summed E-state index contributed by atoms with van der Waals surface area (Å²) in [5, 5.41) is 2.46. The summed E-state index contributed by atoms with van der Waals surface area (Å²) < 4.78 is 5.12. The molecular weight excluding hydrogens is 412 g/mol. The number of likely N-dealkylation sites (N-methyl/N-ethyl adjacent to an activating group) is 1. The second-order valence-corrected chi connectivity index (χ2v) is 7.87. The highest BCUT2D eigenvalue weighted by atomic mass is 16.5. The Morgan fingerprint density at radius 3 is 2.50 bits per heavy atom. The van der Waals surface area contributed by atoms with E-state index in [1.54, 1.807) is 13.2 Å². The minimum absolute atomic E-state index is 0.0745. The van der Waals surface area contributed by atoms with E-state index in [-0.39, 0.29) is 12.8 Å². The standard InChI is InChI=1S/C23H34N4O5/c1-18-16-19(26-12-10-25(11-13-26)9-5-15-32-3)7-8-20(18)23(31)27(17-29)21(6-4-14-28)22(30)24-2/h7-8,14,16-17,21H,4-6,9-13,15H2,1-3H3,(H,24,30). The Kier molecular flexibility index (Phi) is 10.3. The number of benzene rings is 1. The van der Waals surface area contributed by atoms with Crippen LogP contribution in [-0.2, 0) is 19.1 Å². The number of nitrogens with one attached hydrogen (secondary N) is 1. The van der Waals surface area contributed by atoms with Gasteiger partial charge in [0.2, 0.25) is 12.3 Å². The Morgan fingerprint density at radius 2 is 1.94 bits per heavy atom. The number of aryl methyl sites for hydroxylation is 1. The largest absolute Gasteiger partial charge is 0.385 e. The number of ether oxygens (including phenoxy) is 1. The fourth-order valence-electron chi connectivity index (χ4n) is 3.94. The van der Waals surface area contributed by atoms with Gasteiger partial charge < -0.3 is 19.7 Å². The van der Waals surface area contributed by atoms with Crippen LogP contribution in [0.4, 0.5) is 5.69 Å². The lowest BCUT2D eigenvalue weighted by atomic mass is 10.0. The molecule has 1 aliphatic heterocycles. The zero-order valence-electron chi connectivity index (χ0n) is 19.2. The van der Waals surface area contributed by atoms with E-state index in [0.29, 0.717) is 18.3 Å². The quantitative estimate of drug-likeness (QED) is 0.375. The predicted octanol–water partition coefficient (Wildman–Crippen LogP) is 0.846. The normalized spacial score (nSPS) is 15.2. The number of carbonyl (C=O) groups excluding carboxylic acids is 4. The molecule has 1 saturated heterocycles. The van der Waals surface area contributed by atoms with E-state index in [1.807, 2.05) is 19.1 Å². The first-order chi connectivity index (χ1) is 15.5. The number of aldehydes is 1. The molecule has 1 atom stereocenters. The fourth-order valence-corrected chi connectivity index (χ4v) is 3.94. The van der Waals surface area contributed by atoms with Gasteiger partial charge in [-0.1, -0.05) is 0 Å². The number of carbonyl (C=O) groups is 4. The lowest BCUT2D eigenvalue weighted by Gasteiger charge is -2.36. The molecule has 1 aliphatic rings. The zero-order chi connectivity index (χ0) is 23.5. The lowest BCUT2D eigenvalue weighted by molar-refractivity contribution is -0.131. The third-order valence-electron chi connectivity index (χ3n) is 5.79. The summed E-state index contributed by atoms with van der Waals surface area (Å²) in [5.74, 6) is -1.03. The van der Waals surface area contributed by atoms with E-state index >= 15 is 0 Å². The van der Waals surface area contributed by atoms with Crippen LogP contribution in [0.1, 0.15) is 35.2 Å². The third kappa shape index (κ3) is 6.61. The molecule has 0 aliphatic carbocycles. The van der Waals surface area contributed by atoms with Crippen LogP contribution in [0.15, 0.2) is 18.2 Å². The maximum atomic E-state index is 13.1. The topological polar surface area (TPSA) is 99.3 Å². The van der Waals surface area contributed by atoms with Gasteiger partial charge in [-0.3, -0.25) is 24.2 Å². The van der Waals surface area contributed by atoms with Gasteiger partial charge in [-0.15, -0.1) is 0 Å². The van der Waals surface area contributed by atoms with Crippen LogP contribution in [0.2, 0.25) is 0 Å². The summed E-state index contributed by atoms with van der Waals surface area (Å²) in [5.41, 5.74) is 2.11. The predicted molar refractivity (Wildman–Crippen MR) is 122 cm³/mol. The first-order valence-electron chi connectivity index (χ1n) is 11.0. The van der Waals surface area contributed by atoms with Crippen molar-refractivity contribution in [2.24, 2.45) is 0 Å². The maximum Gasteiger partial charge on any atom is 0.261 e. The molecule has 9 nitrogen and oxygen atoms in total. The first kappa shape index (κ1) is 25.5. The zero-order valence-corrected chi connectivity index (χ0v) is 19.2. The maximum absolute atomic E-state index is 13.1. The molecule has 176 valence electrons. The lowest BCUT2D eigenvalue weighted by Crippen LogP contribution is -2.48. The van der Waals surface area contributed by atoms with E-state index in [2.05, 4.69) is 15.1 Å². The van der Waals surface area contributed by atoms with Gasteiger partial charge in [-0.05, 0) is 43.5 Å². The Bertz CT molecular complexity index is 793. The molecular formula is C23H34N4O5. The number of hydrogen-bond acceptors (Lipinski definition) is 7. The van der Waals surface area contributed by atoms with Crippen molar-refractivity contribution in [3.63, 3.8) is 0 Å². The molecule has 0 radical (unpaired) electrons. The SMILES string of the molecule is CNC(=O)C(CCC=O)N(C=O)C(=O)c1ccc(N2CCN(CCCOC)CC2)cc1C. The molecule has 2 rings (SSSR count). The number of hydrogen-bond donors (Lipinski definition) is 1. The minimum atomic E-state index is -1.03. The molecule has 32 heavy (non-hydrogen) atoms. The number of methoxy groups -OCH3 is 1. The smallest absolute Gasteiger partial charge is 0.261 e. The van der Waals surface area contributed by atoms with Gasteiger partial charge in [0.25, 0.3) is 5.91 Å². The summed E-state index contributed by atoms with van der Waals surface area (Å²) in [7, 11) is 3.15. The molecule has 0 saturated carbocycles. The molecule has 0 aromatic heterocycles. The van der Waals surface area contributed by atoms with Gasteiger partial charge >= 0.3 is 0 Å². The van der Waals surface area contributed by atoms with Crippen molar-refractivity contribution in [3.8, 4) is 0 Å². The van der Waals surface area contributed by atoms with Crippen LogP contribution in [0.25, 0.3) is 0 Å². The van der Waals surface area contributed by atoms with Crippen molar-refractivity contribution >= 4 is 30.2 Å². The van der Waals surface area contributed by atoms with Crippen LogP contribution in [0.5, 0.6) is 0 Å². The van der Waals surface area contributed by atoms with E-state index < -0.39 is 17.9 Å².